The molecular formula is C10H15BrN4O. The second kappa shape index (κ2) is 6.42. The molecule has 0 aliphatic rings. The van der Waals surface area contributed by atoms with Gasteiger partial charge in [0.2, 0.25) is 11.9 Å². The van der Waals surface area contributed by atoms with E-state index in [2.05, 4.69) is 36.5 Å². The fourth-order valence-corrected chi connectivity index (χ4v) is 1.25. The van der Waals surface area contributed by atoms with E-state index < -0.39 is 0 Å². The number of carbonyl (C=O) groups excluding carboxylic acids is 1. The van der Waals surface area contributed by atoms with Crippen LogP contribution in [0.1, 0.15) is 20.3 Å². The van der Waals surface area contributed by atoms with E-state index in [9.17, 15) is 4.79 Å². The molecule has 0 radical (unpaired) electrons. The largest absolute Gasteiger partial charge is 0.354 e. The molecule has 0 bridgehead atoms. The van der Waals surface area contributed by atoms with Crippen molar-refractivity contribution in [1.29, 1.82) is 0 Å². The number of nitrogens with zero attached hydrogens (tertiary/aromatic N) is 2. The van der Waals surface area contributed by atoms with Gasteiger partial charge in [0.25, 0.3) is 0 Å². The predicted molar refractivity (Wildman–Crippen MR) is 66.1 cm³/mol. The van der Waals surface area contributed by atoms with E-state index in [1.807, 2.05) is 6.92 Å². The van der Waals surface area contributed by atoms with Crippen LogP contribution in [0.2, 0.25) is 0 Å². The monoisotopic (exact) mass is 286 g/mol. The maximum absolute atomic E-state index is 11.5. The van der Waals surface area contributed by atoms with Gasteiger partial charge in [0, 0.05) is 18.9 Å². The predicted octanol–water partition coefficient (Wildman–Crippen LogP) is 1.57. The van der Waals surface area contributed by atoms with E-state index in [0.29, 0.717) is 12.5 Å². The number of hydrogen-bond acceptors (Lipinski definition) is 4. The van der Waals surface area contributed by atoms with E-state index in [0.717, 1.165) is 10.9 Å². The summed E-state index contributed by atoms with van der Waals surface area (Å²) in [5.41, 5.74) is 0. The maximum atomic E-state index is 11.5. The minimum atomic E-state index is -0.340. The molecule has 0 fully saturated rings. The van der Waals surface area contributed by atoms with Gasteiger partial charge in [-0.25, -0.2) is 9.97 Å². The van der Waals surface area contributed by atoms with Gasteiger partial charge in [0.05, 0.1) is 4.47 Å². The van der Waals surface area contributed by atoms with Crippen molar-refractivity contribution in [3.8, 4) is 0 Å². The first-order valence-corrected chi connectivity index (χ1v) is 5.94. The van der Waals surface area contributed by atoms with Crippen molar-refractivity contribution in [2.45, 2.75) is 26.3 Å². The summed E-state index contributed by atoms with van der Waals surface area (Å²) in [7, 11) is 0. The van der Waals surface area contributed by atoms with Gasteiger partial charge < -0.3 is 10.6 Å². The smallest absolute Gasteiger partial charge is 0.242 e. The first-order chi connectivity index (χ1) is 7.63. The molecule has 2 N–H and O–H groups in total. The summed E-state index contributed by atoms with van der Waals surface area (Å²) in [6.07, 6.45) is 4.19. The third kappa shape index (κ3) is 4.14. The summed E-state index contributed by atoms with van der Waals surface area (Å²) in [5, 5.41) is 5.72. The van der Waals surface area contributed by atoms with Gasteiger partial charge in [-0.3, -0.25) is 4.79 Å². The molecule has 1 rings (SSSR count). The van der Waals surface area contributed by atoms with Gasteiger partial charge in [-0.2, -0.15) is 0 Å². The van der Waals surface area contributed by atoms with Crippen LogP contribution < -0.4 is 10.6 Å². The second-order valence-corrected chi connectivity index (χ2v) is 4.30. The lowest BCUT2D eigenvalue weighted by Gasteiger charge is -2.13. The Morgan fingerprint density at radius 3 is 2.69 bits per heavy atom. The zero-order chi connectivity index (χ0) is 12.0. The molecule has 1 aromatic heterocycles. The molecular weight excluding hydrogens is 272 g/mol. The van der Waals surface area contributed by atoms with Crippen molar-refractivity contribution in [3.05, 3.63) is 16.9 Å². The van der Waals surface area contributed by atoms with Gasteiger partial charge in [0.15, 0.2) is 0 Å². The van der Waals surface area contributed by atoms with Crippen LogP contribution >= 0.6 is 15.9 Å². The average molecular weight is 287 g/mol. The lowest BCUT2D eigenvalue weighted by atomic mass is 10.3. The van der Waals surface area contributed by atoms with Gasteiger partial charge in [0.1, 0.15) is 6.04 Å². The van der Waals surface area contributed by atoms with Gasteiger partial charge >= 0.3 is 0 Å². The van der Waals surface area contributed by atoms with Crippen molar-refractivity contribution in [2.24, 2.45) is 0 Å². The number of hydrogen-bond donors (Lipinski definition) is 2. The molecule has 0 aliphatic carbocycles. The van der Waals surface area contributed by atoms with Crippen LogP contribution in [-0.4, -0.2) is 28.5 Å². The number of anilines is 1. The standard InChI is InChI=1S/C10H15BrN4O/c1-3-4-12-9(16)7(2)15-10-13-5-8(11)6-14-10/h5-7H,3-4H2,1-2H3,(H,12,16)(H,13,14,15). The average Bonchev–Trinajstić information content (AvgIpc) is 2.29. The summed E-state index contributed by atoms with van der Waals surface area (Å²) >= 11 is 3.24. The van der Waals surface area contributed by atoms with Crippen molar-refractivity contribution in [2.75, 3.05) is 11.9 Å². The van der Waals surface area contributed by atoms with Crippen molar-refractivity contribution in [3.63, 3.8) is 0 Å². The molecule has 0 saturated heterocycles. The van der Waals surface area contributed by atoms with E-state index in [4.69, 9.17) is 0 Å². The number of aromatic nitrogens is 2. The SMILES string of the molecule is CCCNC(=O)C(C)Nc1ncc(Br)cn1. The van der Waals surface area contributed by atoms with Gasteiger partial charge in [-0.15, -0.1) is 0 Å². The summed E-state index contributed by atoms with van der Waals surface area (Å²) in [4.78, 5) is 19.6. The number of rotatable bonds is 5. The molecule has 1 amide bonds. The molecule has 1 atom stereocenters. The number of amides is 1. The zero-order valence-electron chi connectivity index (χ0n) is 9.33. The molecule has 1 heterocycles. The second-order valence-electron chi connectivity index (χ2n) is 3.38. The van der Waals surface area contributed by atoms with Crippen LogP contribution in [0, 0.1) is 0 Å². The number of nitrogens with one attached hydrogen (secondary N) is 2. The van der Waals surface area contributed by atoms with Crippen LogP contribution in [0.4, 0.5) is 5.95 Å². The quantitative estimate of drug-likeness (QED) is 0.862. The highest BCUT2D eigenvalue weighted by Crippen LogP contribution is 2.07. The zero-order valence-corrected chi connectivity index (χ0v) is 10.9. The highest BCUT2D eigenvalue weighted by Gasteiger charge is 2.12. The van der Waals surface area contributed by atoms with E-state index in [-0.39, 0.29) is 11.9 Å². The fourth-order valence-electron chi connectivity index (χ4n) is 1.05. The Morgan fingerprint density at radius 2 is 2.12 bits per heavy atom. The Bertz CT molecular complexity index is 341. The molecule has 0 aliphatic heterocycles. The first kappa shape index (κ1) is 12.9. The Labute approximate surface area is 103 Å². The molecule has 1 unspecified atom stereocenters. The Hall–Kier alpha value is -1.17. The summed E-state index contributed by atoms with van der Waals surface area (Å²) in [5.74, 6) is 0.399. The normalized spacial score (nSPS) is 11.9. The topological polar surface area (TPSA) is 66.9 Å². The van der Waals surface area contributed by atoms with Crippen molar-refractivity contribution >= 4 is 27.8 Å². The highest BCUT2D eigenvalue weighted by molar-refractivity contribution is 9.10. The third-order valence-electron chi connectivity index (χ3n) is 1.91. The molecule has 0 spiro atoms. The molecule has 0 aromatic carbocycles. The lowest BCUT2D eigenvalue weighted by molar-refractivity contribution is -0.121. The molecule has 6 heteroatoms. The van der Waals surface area contributed by atoms with Gasteiger partial charge in [-0.05, 0) is 29.3 Å². The minimum Gasteiger partial charge on any atom is -0.354 e. The number of carbonyl (C=O) groups is 1. The molecule has 16 heavy (non-hydrogen) atoms. The summed E-state index contributed by atoms with van der Waals surface area (Å²) < 4.78 is 0.807. The third-order valence-corrected chi connectivity index (χ3v) is 2.32. The van der Waals surface area contributed by atoms with Crippen LogP contribution in [0.5, 0.6) is 0 Å². The van der Waals surface area contributed by atoms with Crippen LogP contribution in [0.15, 0.2) is 16.9 Å². The number of halogens is 1. The van der Waals surface area contributed by atoms with Crippen molar-refractivity contribution in [1.82, 2.24) is 15.3 Å². The molecule has 1 aromatic rings. The Morgan fingerprint density at radius 1 is 1.50 bits per heavy atom. The van der Waals surface area contributed by atoms with E-state index in [1.165, 1.54) is 0 Å². The molecule has 0 saturated carbocycles. The molecule has 88 valence electrons. The summed E-state index contributed by atoms with van der Waals surface area (Å²) in [6, 6.07) is -0.340. The Balaban J connectivity index is 2.47. The first-order valence-electron chi connectivity index (χ1n) is 5.15. The molecule has 5 nitrogen and oxygen atoms in total. The van der Waals surface area contributed by atoms with Crippen LogP contribution in [0.25, 0.3) is 0 Å². The van der Waals surface area contributed by atoms with Crippen LogP contribution in [-0.2, 0) is 4.79 Å². The fraction of sp³-hybridized carbons (Fsp3) is 0.500. The van der Waals surface area contributed by atoms with Crippen molar-refractivity contribution < 1.29 is 4.79 Å². The highest BCUT2D eigenvalue weighted by atomic mass is 79.9. The van der Waals surface area contributed by atoms with E-state index in [1.54, 1.807) is 19.3 Å². The summed E-state index contributed by atoms with van der Waals surface area (Å²) in [6.45, 7) is 4.47. The lowest BCUT2D eigenvalue weighted by Crippen LogP contribution is -2.38. The van der Waals surface area contributed by atoms with Gasteiger partial charge in [-0.1, -0.05) is 6.92 Å². The van der Waals surface area contributed by atoms with E-state index >= 15 is 0 Å². The van der Waals surface area contributed by atoms with Crippen LogP contribution in [0.3, 0.4) is 0 Å². The minimum absolute atomic E-state index is 0.0478. The maximum Gasteiger partial charge on any atom is 0.242 e. The Kier molecular flexibility index (Phi) is 5.18.